The van der Waals surface area contributed by atoms with Gasteiger partial charge >= 0.3 is 0 Å². The summed E-state index contributed by atoms with van der Waals surface area (Å²) in [6.07, 6.45) is 3.54. The van der Waals surface area contributed by atoms with Crippen molar-refractivity contribution in [2.45, 2.75) is 19.9 Å². The molecule has 0 N–H and O–H groups in total. The molecule has 3 nitrogen and oxygen atoms in total. The van der Waals surface area contributed by atoms with Crippen molar-refractivity contribution in [1.29, 1.82) is 0 Å². The van der Waals surface area contributed by atoms with E-state index in [1.54, 1.807) is 12.4 Å². The molecule has 17 heavy (non-hydrogen) atoms. The second-order valence-electron chi connectivity index (χ2n) is 3.99. The summed E-state index contributed by atoms with van der Waals surface area (Å²) < 4.78 is 1.23. The van der Waals surface area contributed by atoms with Gasteiger partial charge in [0.1, 0.15) is 0 Å². The maximum absolute atomic E-state index is 4.31. The first-order chi connectivity index (χ1) is 8.18. The van der Waals surface area contributed by atoms with Gasteiger partial charge in [-0.15, -0.1) is 0 Å². The molecule has 0 spiro atoms. The first-order valence-electron chi connectivity index (χ1n) is 5.50. The van der Waals surface area contributed by atoms with Crippen molar-refractivity contribution in [3.05, 3.63) is 46.3 Å². The van der Waals surface area contributed by atoms with E-state index in [2.05, 4.69) is 75.6 Å². The molecule has 0 unspecified atom stereocenters. The maximum atomic E-state index is 4.31. The molecule has 1 aromatic heterocycles. The van der Waals surface area contributed by atoms with Gasteiger partial charge in [0.25, 0.3) is 0 Å². The molecule has 0 aliphatic rings. The molecule has 2 aromatic rings. The highest BCUT2D eigenvalue weighted by Crippen LogP contribution is 2.24. The third-order valence-electron chi connectivity index (χ3n) is 2.39. The largest absolute Gasteiger partial charge is 0.308 e. The van der Waals surface area contributed by atoms with Gasteiger partial charge in [-0.05, 0) is 66.8 Å². The minimum Gasteiger partial charge on any atom is -0.308 e. The second-order valence-corrected chi connectivity index (χ2v) is 5.23. The molecule has 0 fully saturated rings. The Balaban J connectivity index is 2.39. The van der Waals surface area contributed by atoms with Crippen LogP contribution in [-0.2, 0) is 0 Å². The predicted octanol–water partition coefficient (Wildman–Crippen LogP) is 3.63. The summed E-state index contributed by atoms with van der Waals surface area (Å²) in [4.78, 5) is 10.7. The van der Waals surface area contributed by atoms with E-state index >= 15 is 0 Å². The zero-order valence-corrected chi connectivity index (χ0v) is 12.0. The summed E-state index contributed by atoms with van der Waals surface area (Å²) >= 11 is 2.30. The minimum atomic E-state index is 0.317. The molecule has 1 aromatic carbocycles. The van der Waals surface area contributed by atoms with Crippen molar-refractivity contribution >= 4 is 34.2 Å². The summed E-state index contributed by atoms with van der Waals surface area (Å²) in [5.74, 6) is 0.740. The Labute approximate surface area is 115 Å². The van der Waals surface area contributed by atoms with E-state index in [1.165, 1.54) is 3.57 Å². The van der Waals surface area contributed by atoms with Gasteiger partial charge in [-0.1, -0.05) is 0 Å². The Bertz CT molecular complexity index is 468. The van der Waals surface area contributed by atoms with Crippen LogP contribution < -0.4 is 4.90 Å². The van der Waals surface area contributed by atoms with Crippen LogP contribution in [0, 0.1) is 3.57 Å². The van der Waals surface area contributed by atoms with Gasteiger partial charge in [0, 0.05) is 27.7 Å². The van der Waals surface area contributed by atoms with Gasteiger partial charge in [0.2, 0.25) is 5.95 Å². The topological polar surface area (TPSA) is 29.0 Å². The summed E-state index contributed by atoms with van der Waals surface area (Å²) in [5, 5.41) is 0. The van der Waals surface area contributed by atoms with Crippen molar-refractivity contribution < 1.29 is 0 Å². The average molecular weight is 339 g/mol. The number of anilines is 2. The SMILES string of the molecule is CC(C)N(c1ccc(I)cc1)c1ncccn1. The average Bonchev–Trinajstić information content (AvgIpc) is 2.33. The van der Waals surface area contributed by atoms with Gasteiger partial charge < -0.3 is 4.90 Å². The van der Waals surface area contributed by atoms with Crippen LogP contribution in [0.15, 0.2) is 42.7 Å². The summed E-state index contributed by atoms with van der Waals surface area (Å²) in [7, 11) is 0. The molecule has 0 aliphatic heterocycles. The first-order valence-corrected chi connectivity index (χ1v) is 6.58. The van der Waals surface area contributed by atoms with E-state index in [9.17, 15) is 0 Å². The number of halogens is 1. The van der Waals surface area contributed by atoms with Crippen molar-refractivity contribution in [1.82, 2.24) is 9.97 Å². The molecule has 0 atom stereocenters. The number of rotatable bonds is 3. The molecule has 0 saturated carbocycles. The fourth-order valence-corrected chi connectivity index (χ4v) is 2.02. The van der Waals surface area contributed by atoms with E-state index in [1.807, 2.05) is 6.07 Å². The molecule has 0 saturated heterocycles. The Morgan fingerprint density at radius 1 is 1.06 bits per heavy atom. The van der Waals surface area contributed by atoms with Gasteiger partial charge in [-0.3, -0.25) is 0 Å². The zero-order chi connectivity index (χ0) is 12.3. The highest BCUT2D eigenvalue weighted by atomic mass is 127. The van der Waals surface area contributed by atoms with Crippen LogP contribution in [0.1, 0.15) is 13.8 Å². The van der Waals surface area contributed by atoms with Crippen LogP contribution >= 0.6 is 22.6 Å². The van der Waals surface area contributed by atoms with Crippen LogP contribution in [-0.4, -0.2) is 16.0 Å². The number of hydrogen-bond acceptors (Lipinski definition) is 3. The van der Waals surface area contributed by atoms with Crippen LogP contribution in [0.3, 0.4) is 0 Å². The lowest BCUT2D eigenvalue weighted by Crippen LogP contribution is -2.27. The normalized spacial score (nSPS) is 10.6. The van der Waals surface area contributed by atoms with Crippen LogP contribution in [0.4, 0.5) is 11.6 Å². The van der Waals surface area contributed by atoms with E-state index < -0.39 is 0 Å². The zero-order valence-electron chi connectivity index (χ0n) is 9.84. The van der Waals surface area contributed by atoms with E-state index in [0.717, 1.165) is 11.6 Å². The first kappa shape index (κ1) is 12.3. The van der Waals surface area contributed by atoms with Crippen LogP contribution in [0.2, 0.25) is 0 Å². The van der Waals surface area contributed by atoms with E-state index in [0.29, 0.717) is 6.04 Å². The minimum absolute atomic E-state index is 0.317. The highest BCUT2D eigenvalue weighted by Gasteiger charge is 2.14. The number of nitrogens with zero attached hydrogens (tertiary/aromatic N) is 3. The molecule has 0 bridgehead atoms. The van der Waals surface area contributed by atoms with Gasteiger partial charge in [-0.2, -0.15) is 0 Å². The summed E-state index contributed by atoms with van der Waals surface area (Å²) in [6, 6.07) is 10.5. The third kappa shape index (κ3) is 2.94. The highest BCUT2D eigenvalue weighted by molar-refractivity contribution is 14.1. The Hall–Kier alpha value is -1.17. The van der Waals surface area contributed by atoms with Crippen molar-refractivity contribution in [2.24, 2.45) is 0 Å². The number of hydrogen-bond donors (Lipinski definition) is 0. The van der Waals surface area contributed by atoms with Crippen molar-refractivity contribution in [3.63, 3.8) is 0 Å². The van der Waals surface area contributed by atoms with Gasteiger partial charge in [-0.25, -0.2) is 9.97 Å². The van der Waals surface area contributed by atoms with Gasteiger partial charge in [0.05, 0.1) is 0 Å². The fourth-order valence-electron chi connectivity index (χ4n) is 1.66. The van der Waals surface area contributed by atoms with Gasteiger partial charge in [0.15, 0.2) is 0 Å². The second kappa shape index (κ2) is 5.44. The molecule has 88 valence electrons. The molecule has 1 heterocycles. The molecule has 0 aliphatic carbocycles. The standard InChI is InChI=1S/C13H14IN3/c1-10(2)17(13-15-8-3-9-16-13)12-6-4-11(14)5-7-12/h3-10H,1-2H3. The Kier molecular flexibility index (Phi) is 3.93. The van der Waals surface area contributed by atoms with E-state index in [4.69, 9.17) is 0 Å². The van der Waals surface area contributed by atoms with Crippen LogP contribution in [0.5, 0.6) is 0 Å². The van der Waals surface area contributed by atoms with Crippen molar-refractivity contribution in [2.75, 3.05) is 4.90 Å². The Morgan fingerprint density at radius 3 is 2.18 bits per heavy atom. The summed E-state index contributed by atoms with van der Waals surface area (Å²) in [5.41, 5.74) is 1.12. The molecule has 0 amide bonds. The van der Waals surface area contributed by atoms with E-state index in [-0.39, 0.29) is 0 Å². The van der Waals surface area contributed by atoms with Crippen LogP contribution in [0.25, 0.3) is 0 Å². The molecular formula is C13H14IN3. The lowest BCUT2D eigenvalue weighted by atomic mass is 10.2. The fraction of sp³-hybridized carbons (Fsp3) is 0.231. The lowest BCUT2D eigenvalue weighted by Gasteiger charge is -2.26. The molecule has 4 heteroatoms. The van der Waals surface area contributed by atoms with Crippen molar-refractivity contribution in [3.8, 4) is 0 Å². The smallest absolute Gasteiger partial charge is 0.230 e. The number of aromatic nitrogens is 2. The maximum Gasteiger partial charge on any atom is 0.230 e. The summed E-state index contributed by atoms with van der Waals surface area (Å²) in [6.45, 7) is 4.27. The quantitative estimate of drug-likeness (QED) is 0.800. The molecular weight excluding hydrogens is 325 g/mol. The Morgan fingerprint density at radius 2 is 1.65 bits per heavy atom. The molecule has 2 rings (SSSR count). The third-order valence-corrected chi connectivity index (χ3v) is 3.11. The predicted molar refractivity (Wildman–Crippen MR) is 78.5 cm³/mol. The molecule has 0 radical (unpaired) electrons. The monoisotopic (exact) mass is 339 g/mol. The lowest BCUT2D eigenvalue weighted by molar-refractivity contribution is 0.762. The number of benzene rings is 1.